The van der Waals surface area contributed by atoms with Gasteiger partial charge < -0.3 is 10.2 Å². The van der Waals surface area contributed by atoms with E-state index in [2.05, 4.69) is 15.5 Å². The Bertz CT molecular complexity index is 389. The molecule has 2 aliphatic heterocycles. The Balaban J connectivity index is 1.55. The molecule has 0 aliphatic carbocycles. The Morgan fingerprint density at radius 1 is 1.33 bits per heavy atom. The third-order valence-corrected chi connectivity index (χ3v) is 4.16. The van der Waals surface area contributed by atoms with Gasteiger partial charge >= 0.3 is 0 Å². The first-order chi connectivity index (χ1) is 8.84. The van der Waals surface area contributed by atoms with Crippen LogP contribution < -0.4 is 5.32 Å². The molecule has 0 saturated carbocycles. The van der Waals surface area contributed by atoms with E-state index in [1.54, 1.807) is 0 Å². The first kappa shape index (κ1) is 11.7. The van der Waals surface area contributed by atoms with E-state index in [4.69, 9.17) is 0 Å². The fraction of sp³-hybridized carbons (Fsp3) is 0.692. The number of hydrogen-bond donors (Lipinski definition) is 2. The van der Waals surface area contributed by atoms with Crippen molar-refractivity contribution in [1.82, 2.24) is 20.4 Å². The first-order valence-corrected chi connectivity index (χ1v) is 6.85. The summed E-state index contributed by atoms with van der Waals surface area (Å²) in [5.41, 5.74) is 1.28. The summed E-state index contributed by atoms with van der Waals surface area (Å²) < 4.78 is 0. The summed E-state index contributed by atoms with van der Waals surface area (Å²) in [4.78, 5) is 14.3. The van der Waals surface area contributed by atoms with E-state index in [-0.39, 0.29) is 6.04 Å². The minimum Gasteiger partial charge on any atom is -0.341 e. The van der Waals surface area contributed by atoms with Gasteiger partial charge in [0.2, 0.25) is 5.91 Å². The van der Waals surface area contributed by atoms with Crippen molar-refractivity contribution < 1.29 is 4.79 Å². The Morgan fingerprint density at radius 3 is 2.78 bits per heavy atom. The van der Waals surface area contributed by atoms with Gasteiger partial charge in [-0.15, -0.1) is 0 Å². The summed E-state index contributed by atoms with van der Waals surface area (Å²) in [6, 6.07) is 0.0791. The predicted octanol–water partition coefficient (Wildman–Crippen LogP) is 0.868. The monoisotopic (exact) mass is 248 g/mol. The zero-order chi connectivity index (χ0) is 12.4. The van der Waals surface area contributed by atoms with Crippen LogP contribution >= 0.6 is 0 Å². The van der Waals surface area contributed by atoms with Crippen molar-refractivity contribution in [3.63, 3.8) is 0 Å². The molecule has 2 N–H and O–H groups in total. The molecule has 3 heterocycles. The third-order valence-electron chi connectivity index (χ3n) is 4.16. The Morgan fingerprint density at radius 2 is 2.17 bits per heavy atom. The highest BCUT2D eigenvalue weighted by Gasteiger charge is 2.30. The number of likely N-dealkylation sites (tertiary alicyclic amines) is 1. The SMILES string of the molecule is O=C(C1CCCN1)N1CCC(c2cn[nH]c2)CC1. The van der Waals surface area contributed by atoms with E-state index in [9.17, 15) is 4.79 Å². The van der Waals surface area contributed by atoms with Gasteiger partial charge in [0.15, 0.2) is 0 Å². The lowest BCUT2D eigenvalue weighted by atomic mass is 9.91. The van der Waals surface area contributed by atoms with Gasteiger partial charge in [-0.1, -0.05) is 0 Å². The van der Waals surface area contributed by atoms with Gasteiger partial charge in [0.25, 0.3) is 0 Å². The van der Waals surface area contributed by atoms with Crippen molar-refractivity contribution in [2.75, 3.05) is 19.6 Å². The second-order valence-electron chi connectivity index (χ2n) is 5.28. The van der Waals surface area contributed by atoms with E-state index in [1.807, 2.05) is 17.3 Å². The standard InChI is InChI=1S/C13H20N4O/c18-13(12-2-1-5-14-12)17-6-3-10(4-7-17)11-8-15-16-9-11/h8-10,12,14H,1-7H2,(H,15,16). The molecule has 3 rings (SSSR count). The second-order valence-corrected chi connectivity index (χ2v) is 5.28. The summed E-state index contributed by atoms with van der Waals surface area (Å²) in [6.45, 7) is 2.75. The highest BCUT2D eigenvalue weighted by Crippen LogP contribution is 2.27. The van der Waals surface area contributed by atoms with Crippen LogP contribution in [-0.4, -0.2) is 46.7 Å². The molecule has 2 fully saturated rings. The van der Waals surface area contributed by atoms with Crippen molar-refractivity contribution >= 4 is 5.91 Å². The summed E-state index contributed by atoms with van der Waals surface area (Å²) in [6.07, 6.45) is 8.11. The van der Waals surface area contributed by atoms with Gasteiger partial charge in [0.05, 0.1) is 12.2 Å². The molecular formula is C13H20N4O. The molecule has 0 spiro atoms. The molecular weight excluding hydrogens is 228 g/mol. The molecule has 1 unspecified atom stereocenters. The largest absolute Gasteiger partial charge is 0.341 e. The quantitative estimate of drug-likeness (QED) is 0.816. The van der Waals surface area contributed by atoms with Crippen molar-refractivity contribution in [1.29, 1.82) is 0 Å². The van der Waals surface area contributed by atoms with Crippen LogP contribution in [0.2, 0.25) is 0 Å². The van der Waals surface area contributed by atoms with Crippen LogP contribution in [0.3, 0.4) is 0 Å². The van der Waals surface area contributed by atoms with Crippen molar-refractivity contribution in [2.24, 2.45) is 0 Å². The molecule has 0 aromatic carbocycles. The van der Waals surface area contributed by atoms with Crippen LogP contribution in [0.1, 0.15) is 37.2 Å². The van der Waals surface area contributed by atoms with Gasteiger partial charge in [0.1, 0.15) is 0 Å². The Labute approximate surface area is 107 Å². The normalized spacial score (nSPS) is 25.6. The van der Waals surface area contributed by atoms with E-state index >= 15 is 0 Å². The molecule has 1 aromatic heterocycles. The highest BCUT2D eigenvalue weighted by atomic mass is 16.2. The average molecular weight is 248 g/mol. The van der Waals surface area contributed by atoms with Crippen LogP contribution in [0.15, 0.2) is 12.4 Å². The van der Waals surface area contributed by atoms with E-state index in [0.717, 1.165) is 45.3 Å². The Kier molecular flexibility index (Phi) is 3.32. The summed E-state index contributed by atoms with van der Waals surface area (Å²) in [7, 11) is 0. The summed E-state index contributed by atoms with van der Waals surface area (Å²) in [5.74, 6) is 0.863. The minimum atomic E-state index is 0.0791. The lowest BCUT2D eigenvalue weighted by molar-refractivity contribution is -0.134. The summed E-state index contributed by atoms with van der Waals surface area (Å²) >= 11 is 0. The average Bonchev–Trinajstić information content (AvgIpc) is 3.11. The number of piperidine rings is 1. The van der Waals surface area contributed by atoms with Crippen molar-refractivity contribution in [2.45, 2.75) is 37.6 Å². The molecule has 0 radical (unpaired) electrons. The number of H-pyrrole nitrogens is 1. The first-order valence-electron chi connectivity index (χ1n) is 6.85. The molecule has 1 amide bonds. The van der Waals surface area contributed by atoms with Crippen LogP contribution in [0.25, 0.3) is 0 Å². The molecule has 0 bridgehead atoms. The number of rotatable bonds is 2. The van der Waals surface area contributed by atoms with Crippen molar-refractivity contribution in [3.8, 4) is 0 Å². The van der Waals surface area contributed by atoms with E-state index in [1.165, 1.54) is 5.56 Å². The lowest BCUT2D eigenvalue weighted by Gasteiger charge is -2.33. The zero-order valence-electron chi connectivity index (χ0n) is 10.6. The number of amides is 1. The number of nitrogens with zero attached hydrogens (tertiary/aromatic N) is 2. The van der Waals surface area contributed by atoms with Crippen LogP contribution in [0, 0.1) is 0 Å². The zero-order valence-corrected chi connectivity index (χ0v) is 10.6. The molecule has 5 heteroatoms. The van der Waals surface area contributed by atoms with E-state index in [0.29, 0.717) is 11.8 Å². The summed E-state index contributed by atoms with van der Waals surface area (Å²) in [5, 5.41) is 10.2. The van der Waals surface area contributed by atoms with Crippen LogP contribution in [0.4, 0.5) is 0 Å². The molecule has 5 nitrogen and oxygen atoms in total. The maximum atomic E-state index is 12.2. The van der Waals surface area contributed by atoms with Gasteiger partial charge in [-0.2, -0.15) is 5.10 Å². The number of carbonyl (C=O) groups excluding carboxylic acids is 1. The minimum absolute atomic E-state index is 0.0791. The maximum absolute atomic E-state index is 12.2. The second kappa shape index (κ2) is 5.10. The van der Waals surface area contributed by atoms with Gasteiger partial charge in [-0.05, 0) is 43.7 Å². The predicted molar refractivity (Wildman–Crippen MR) is 68.2 cm³/mol. The fourth-order valence-electron chi connectivity index (χ4n) is 3.03. The van der Waals surface area contributed by atoms with Gasteiger partial charge in [-0.3, -0.25) is 9.89 Å². The smallest absolute Gasteiger partial charge is 0.239 e. The molecule has 2 aliphatic rings. The highest BCUT2D eigenvalue weighted by molar-refractivity contribution is 5.82. The Hall–Kier alpha value is -1.36. The lowest BCUT2D eigenvalue weighted by Crippen LogP contribution is -2.46. The van der Waals surface area contributed by atoms with Crippen LogP contribution in [0.5, 0.6) is 0 Å². The number of carbonyl (C=O) groups is 1. The van der Waals surface area contributed by atoms with Crippen LogP contribution in [-0.2, 0) is 4.79 Å². The molecule has 1 aromatic rings. The van der Waals surface area contributed by atoms with Gasteiger partial charge in [-0.25, -0.2) is 0 Å². The number of aromatic amines is 1. The van der Waals surface area contributed by atoms with Gasteiger partial charge in [0, 0.05) is 19.3 Å². The number of hydrogen-bond acceptors (Lipinski definition) is 3. The molecule has 2 saturated heterocycles. The van der Waals surface area contributed by atoms with E-state index < -0.39 is 0 Å². The van der Waals surface area contributed by atoms with Crippen molar-refractivity contribution in [3.05, 3.63) is 18.0 Å². The molecule has 1 atom stereocenters. The molecule has 98 valence electrons. The number of nitrogens with one attached hydrogen (secondary N) is 2. The topological polar surface area (TPSA) is 61.0 Å². The number of aromatic nitrogens is 2. The molecule has 18 heavy (non-hydrogen) atoms. The fourth-order valence-corrected chi connectivity index (χ4v) is 3.03. The third kappa shape index (κ3) is 2.27. The maximum Gasteiger partial charge on any atom is 0.239 e.